The average Bonchev–Trinajstić information content (AvgIpc) is 2.94. The summed E-state index contributed by atoms with van der Waals surface area (Å²) in [6, 6.07) is 12.4. The Hall–Kier alpha value is -2.77. The lowest BCUT2D eigenvalue weighted by Crippen LogP contribution is -3.05. The normalized spacial score (nSPS) is 10.8. The van der Waals surface area contributed by atoms with Crippen molar-refractivity contribution in [3.8, 4) is 5.75 Å². The van der Waals surface area contributed by atoms with E-state index in [2.05, 4.69) is 42.9 Å². The summed E-state index contributed by atoms with van der Waals surface area (Å²) in [5.74, 6) is -3.12. The molecule has 0 aliphatic rings. The molecule has 1 heterocycles. The summed E-state index contributed by atoms with van der Waals surface area (Å²) in [5, 5.41) is 19.6. The third-order valence-corrected chi connectivity index (χ3v) is 4.50. The largest absolute Gasteiger partial charge is 0.539 e. The number of halogens is 1. The Morgan fingerprint density at radius 1 is 1.14 bits per heavy atom. The van der Waals surface area contributed by atoms with E-state index in [0.717, 1.165) is 30.3 Å². The van der Waals surface area contributed by atoms with Crippen molar-refractivity contribution in [2.45, 2.75) is 13.0 Å². The summed E-state index contributed by atoms with van der Waals surface area (Å²) in [5.41, 5.74) is 2.41. The number of rotatable bonds is 5. The molecule has 3 aromatic rings. The fraction of sp³-hybridized carbons (Fsp3) is 0.300. The topological polar surface area (TPSA) is 96.0 Å². The molecule has 0 bridgehead atoms. The summed E-state index contributed by atoms with van der Waals surface area (Å²) in [7, 11) is 6.08. The van der Waals surface area contributed by atoms with Crippen molar-refractivity contribution < 1.29 is 29.4 Å². The van der Waals surface area contributed by atoms with Crippen LogP contribution in [0.4, 0.5) is 0 Å². The van der Waals surface area contributed by atoms with Crippen molar-refractivity contribution in [2.24, 2.45) is 0 Å². The van der Waals surface area contributed by atoms with Crippen molar-refractivity contribution in [3.63, 3.8) is 0 Å². The number of benzene rings is 2. The van der Waals surface area contributed by atoms with Crippen LogP contribution in [-0.2, 0) is 16.1 Å². The van der Waals surface area contributed by atoms with E-state index in [0.29, 0.717) is 0 Å². The Kier molecular flexibility index (Phi) is 7.25. The Balaban J connectivity index is 0.000000409. The highest BCUT2D eigenvalue weighted by atomic mass is 35.5. The standard InChI is InChI=1S/C18H21ClN2O.C2H2O4/c1-20(2)9-4-10-21-17-11-13(19)5-7-15(17)16-8-6-14(22-3)12-18(16)21;3-1(4)2(5)6/h5-8,11-12H,4,9-10H2,1-3H3;(H,3,4)(H,5,6). The number of ether oxygens (including phenoxy) is 1. The van der Waals surface area contributed by atoms with Gasteiger partial charge in [-0.15, -0.1) is 0 Å². The molecule has 0 radical (unpaired) electrons. The molecule has 0 spiro atoms. The number of aromatic nitrogens is 1. The molecule has 0 fully saturated rings. The predicted molar refractivity (Wildman–Crippen MR) is 106 cm³/mol. The highest BCUT2D eigenvalue weighted by molar-refractivity contribution is 6.31. The van der Waals surface area contributed by atoms with E-state index in [1.54, 1.807) is 7.11 Å². The van der Waals surface area contributed by atoms with Crippen LogP contribution in [0.3, 0.4) is 0 Å². The molecule has 0 atom stereocenters. The lowest BCUT2D eigenvalue weighted by molar-refractivity contribution is -0.858. The van der Waals surface area contributed by atoms with Gasteiger partial charge in [-0.05, 0) is 24.3 Å². The second-order valence-electron chi connectivity index (χ2n) is 6.60. The number of nitrogens with zero attached hydrogens (tertiary/aromatic N) is 1. The third-order valence-electron chi connectivity index (χ3n) is 4.27. The van der Waals surface area contributed by atoms with Gasteiger partial charge in [0.1, 0.15) is 5.75 Å². The molecule has 28 heavy (non-hydrogen) atoms. The molecular weight excluding hydrogens is 384 g/mol. The number of methoxy groups -OCH3 is 1. The number of aryl methyl sites for hydroxylation is 1. The van der Waals surface area contributed by atoms with Crippen molar-refractivity contribution in [3.05, 3.63) is 41.4 Å². The number of quaternary nitrogens is 1. The number of hydrogen-bond donors (Lipinski definition) is 2. The zero-order valence-electron chi connectivity index (χ0n) is 16.0. The fourth-order valence-electron chi connectivity index (χ4n) is 3.01. The third kappa shape index (κ3) is 5.15. The molecule has 7 nitrogen and oxygen atoms in total. The number of carboxylic acid groups (broad SMARTS) is 2. The lowest BCUT2D eigenvalue weighted by Gasteiger charge is -2.10. The van der Waals surface area contributed by atoms with E-state index in [4.69, 9.17) is 36.1 Å². The van der Waals surface area contributed by atoms with Crippen molar-refractivity contribution in [1.29, 1.82) is 0 Å². The minimum atomic E-state index is -2.07. The minimum absolute atomic E-state index is 0.779. The lowest BCUT2D eigenvalue weighted by atomic mass is 10.1. The van der Waals surface area contributed by atoms with Gasteiger partial charge in [0.05, 0.1) is 38.8 Å². The Morgan fingerprint density at radius 2 is 1.71 bits per heavy atom. The molecule has 8 heteroatoms. The predicted octanol–water partition coefficient (Wildman–Crippen LogP) is 0.812. The van der Waals surface area contributed by atoms with E-state index in [1.807, 2.05) is 12.1 Å². The van der Waals surface area contributed by atoms with Gasteiger partial charge in [-0.3, -0.25) is 0 Å². The Morgan fingerprint density at radius 3 is 2.25 bits per heavy atom. The fourth-order valence-corrected chi connectivity index (χ4v) is 3.17. The molecule has 0 aliphatic carbocycles. The van der Waals surface area contributed by atoms with Crippen LogP contribution in [0.25, 0.3) is 21.8 Å². The zero-order chi connectivity index (χ0) is 20.8. The van der Waals surface area contributed by atoms with Crippen LogP contribution in [0, 0.1) is 0 Å². The van der Waals surface area contributed by atoms with Gasteiger partial charge in [0.25, 0.3) is 0 Å². The monoisotopic (exact) mass is 406 g/mol. The number of aliphatic carboxylic acids is 2. The molecular formula is C20H23ClN2O5. The summed E-state index contributed by atoms with van der Waals surface area (Å²) in [4.78, 5) is 19.5. The summed E-state index contributed by atoms with van der Waals surface area (Å²) in [6.45, 7) is 2.13. The maximum absolute atomic E-state index is 9.04. The number of carboxylic acids is 2. The number of hydrogen-bond acceptors (Lipinski definition) is 4. The summed E-state index contributed by atoms with van der Waals surface area (Å²) in [6.07, 6.45) is 1.13. The number of fused-ring (bicyclic) bond motifs is 3. The van der Waals surface area contributed by atoms with Gasteiger partial charge in [0.15, 0.2) is 5.97 Å². The van der Waals surface area contributed by atoms with E-state index in [-0.39, 0.29) is 0 Å². The zero-order valence-corrected chi connectivity index (χ0v) is 16.7. The van der Waals surface area contributed by atoms with Gasteiger partial charge >= 0.3 is 5.97 Å². The number of carbonyl (C=O) groups excluding carboxylic acids is 1. The summed E-state index contributed by atoms with van der Waals surface area (Å²) >= 11 is 6.22. The van der Waals surface area contributed by atoms with E-state index < -0.39 is 11.9 Å². The molecule has 0 saturated carbocycles. The molecule has 2 N–H and O–H groups in total. The second-order valence-corrected chi connectivity index (χ2v) is 7.04. The van der Waals surface area contributed by atoms with Crippen molar-refractivity contribution >= 4 is 45.3 Å². The van der Waals surface area contributed by atoms with Crippen LogP contribution in [0.2, 0.25) is 5.02 Å². The first-order valence-corrected chi connectivity index (χ1v) is 9.11. The molecule has 0 unspecified atom stereocenters. The molecule has 0 aliphatic heterocycles. The quantitative estimate of drug-likeness (QED) is 0.611. The van der Waals surface area contributed by atoms with Gasteiger partial charge < -0.3 is 29.2 Å². The van der Waals surface area contributed by atoms with Crippen LogP contribution in [0.1, 0.15) is 6.42 Å². The van der Waals surface area contributed by atoms with Crippen LogP contribution in [0.15, 0.2) is 36.4 Å². The first kappa shape index (κ1) is 21.5. The van der Waals surface area contributed by atoms with E-state index in [1.165, 1.54) is 26.7 Å². The van der Waals surface area contributed by atoms with Gasteiger partial charge in [-0.1, -0.05) is 17.7 Å². The Labute approximate surface area is 167 Å². The first-order valence-electron chi connectivity index (χ1n) is 8.73. The summed E-state index contributed by atoms with van der Waals surface area (Å²) < 4.78 is 7.76. The Bertz CT molecular complexity index is 985. The molecule has 150 valence electrons. The van der Waals surface area contributed by atoms with Gasteiger partial charge in [0.2, 0.25) is 0 Å². The highest BCUT2D eigenvalue weighted by Gasteiger charge is 2.12. The minimum Gasteiger partial charge on any atom is -0.539 e. The van der Waals surface area contributed by atoms with Crippen LogP contribution in [0.5, 0.6) is 5.75 Å². The van der Waals surface area contributed by atoms with Crippen LogP contribution >= 0.6 is 11.6 Å². The first-order chi connectivity index (χ1) is 13.2. The van der Waals surface area contributed by atoms with Gasteiger partial charge in [-0.25, -0.2) is 4.79 Å². The molecule has 1 aromatic heterocycles. The van der Waals surface area contributed by atoms with E-state index >= 15 is 0 Å². The van der Waals surface area contributed by atoms with Crippen LogP contribution in [-0.4, -0.2) is 49.4 Å². The number of carbonyl (C=O) groups is 2. The van der Waals surface area contributed by atoms with Gasteiger partial charge in [0, 0.05) is 34.8 Å². The van der Waals surface area contributed by atoms with Gasteiger partial charge in [-0.2, -0.15) is 0 Å². The highest BCUT2D eigenvalue weighted by Crippen LogP contribution is 2.33. The average molecular weight is 407 g/mol. The smallest absolute Gasteiger partial charge is 0.351 e. The van der Waals surface area contributed by atoms with Crippen molar-refractivity contribution in [2.75, 3.05) is 27.7 Å². The molecule has 3 rings (SSSR count). The SMILES string of the molecule is COc1ccc2c3ccc(Cl)cc3n(CCC[NH+](C)C)c2c1.O=C([O-])C(=O)O. The second kappa shape index (κ2) is 9.43. The maximum atomic E-state index is 9.04. The molecule has 0 amide bonds. The molecule has 2 aromatic carbocycles. The molecule has 0 saturated heterocycles. The maximum Gasteiger partial charge on any atom is 0.351 e. The van der Waals surface area contributed by atoms with Crippen molar-refractivity contribution in [1.82, 2.24) is 4.57 Å². The van der Waals surface area contributed by atoms with Crippen LogP contribution < -0.4 is 14.7 Å². The number of nitrogens with one attached hydrogen (secondary N) is 1. The van der Waals surface area contributed by atoms with E-state index in [9.17, 15) is 0 Å².